The largest absolute Gasteiger partial charge is 0.492 e. The number of fused-ring (bicyclic) bond motifs is 1. The van der Waals surface area contributed by atoms with Crippen LogP contribution in [0.3, 0.4) is 0 Å². The van der Waals surface area contributed by atoms with E-state index in [1.165, 1.54) is 5.56 Å². The summed E-state index contributed by atoms with van der Waals surface area (Å²) >= 11 is 0. The quantitative estimate of drug-likeness (QED) is 0.917. The molecule has 0 unspecified atom stereocenters. The topological polar surface area (TPSA) is 34.4 Å². The third-order valence-corrected chi connectivity index (χ3v) is 3.93. The van der Waals surface area contributed by atoms with Crippen LogP contribution in [-0.4, -0.2) is 12.6 Å². The van der Waals surface area contributed by atoms with Crippen LogP contribution >= 0.6 is 0 Å². The molecule has 112 valence electrons. The summed E-state index contributed by atoms with van der Waals surface area (Å²) in [6, 6.07) is 10.9. The number of nitrogens with one attached hydrogen (secondary N) is 1. The number of hydrogen-bond acceptors (Lipinski definition) is 3. The van der Waals surface area contributed by atoms with Crippen LogP contribution in [0, 0.1) is 0 Å². The minimum atomic E-state index is 0.0694. The Morgan fingerprint density at radius 1 is 1.19 bits per heavy atom. The van der Waals surface area contributed by atoms with E-state index in [1.54, 1.807) is 0 Å². The Balaban J connectivity index is 1.85. The first kappa shape index (κ1) is 14.2. The van der Waals surface area contributed by atoms with Crippen molar-refractivity contribution >= 4 is 0 Å². The van der Waals surface area contributed by atoms with E-state index in [0.29, 0.717) is 6.04 Å². The van der Waals surface area contributed by atoms with E-state index in [4.69, 9.17) is 9.15 Å². The third-order valence-electron chi connectivity index (χ3n) is 3.93. The van der Waals surface area contributed by atoms with Gasteiger partial charge in [0, 0.05) is 22.6 Å². The van der Waals surface area contributed by atoms with Crippen molar-refractivity contribution in [3.63, 3.8) is 0 Å². The first-order valence-electron chi connectivity index (χ1n) is 7.55. The average molecular weight is 285 g/mol. The molecule has 0 spiro atoms. The van der Waals surface area contributed by atoms with Crippen molar-refractivity contribution in [3.8, 4) is 17.1 Å². The summed E-state index contributed by atoms with van der Waals surface area (Å²) in [6.45, 7) is 10.2. The molecule has 2 heterocycles. The summed E-state index contributed by atoms with van der Waals surface area (Å²) in [5.41, 5.74) is 2.45. The SMILES string of the molecule is CC(C)NCc1ccc(-c2ccc3c(c2)C(C)(C)CO3)o1. The maximum absolute atomic E-state index is 5.94. The Kier molecular flexibility index (Phi) is 3.54. The minimum Gasteiger partial charge on any atom is -0.492 e. The zero-order chi connectivity index (χ0) is 15.0. The van der Waals surface area contributed by atoms with Crippen molar-refractivity contribution < 1.29 is 9.15 Å². The van der Waals surface area contributed by atoms with Crippen molar-refractivity contribution in [1.82, 2.24) is 5.32 Å². The molecule has 2 aromatic rings. The van der Waals surface area contributed by atoms with E-state index in [1.807, 2.05) is 18.2 Å². The van der Waals surface area contributed by atoms with Crippen molar-refractivity contribution in [3.05, 3.63) is 41.7 Å². The van der Waals surface area contributed by atoms with E-state index in [2.05, 4.69) is 45.1 Å². The summed E-state index contributed by atoms with van der Waals surface area (Å²) in [4.78, 5) is 0. The molecular formula is C18H23NO2. The predicted molar refractivity (Wildman–Crippen MR) is 84.6 cm³/mol. The van der Waals surface area contributed by atoms with E-state index < -0.39 is 0 Å². The fourth-order valence-electron chi connectivity index (χ4n) is 2.61. The lowest BCUT2D eigenvalue weighted by Crippen LogP contribution is -2.21. The molecule has 3 rings (SSSR count). The zero-order valence-corrected chi connectivity index (χ0v) is 13.2. The second-order valence-corrected chi connectivity index (χ2v) is 6.69. The minimum absolute atomic E-state index is 0.0694. The van der Waals surface area contributed by atoms with Gasteiger partial charge in [-0.1, -0.05) is 27.7 Å². The molecule has 0 fully saturated rings. The molecule has 1 aromatic heterocycles. The van der Waals surface area contributed by atoms with Crippen LogP contribution < -0.4 is 10.1 Å². The Morgan fingerprint density at radius 2 is 2.00 bits per heavy atom. The first-order valence-corrected chi connectivity index (χ1v) is 7.55. The van der Waals surface area contributed by atoms with Crippen LogP contribution in [-0.2, 0) is 12.0 Å². The van der Waals surface area contributed by atoms with Gasteiger partial charge in [-0.25, -0.2) is 0 Å². The number of furan rings is 1. The van der Waals surface area contributed by atoms with Gasteiger partial charge in [-0.3, -0.25) is 0 Å². The molecule has 0 aliphatic carbocycles. The van der Waals surface area contributed by atoms with Gasteiger partial charge in [-0.05, 0) is 30.3 Å². The van der Waals surface area contributed by atoms with Crippen molar-refractivity contribution in [2.45, 2.75) is 45.7 Å². The van der Waals surface area contributed by atoms with Gasteiger partial charge < -0.3 is 14.5 Å². The lowest BCUT2D eigenvalue weighted by atomic mass is 9.86. The van der Waals surface area contributed by atoms with Crippen LogP contribution in [0.1, 0.15) is 39.0 Å². The molecule has 21 heavy (non-hydrogen) atoms. The molecule has 0 bridgehead atoms. The molecule has 1 aliphatic heterocycles. The van der Waals surface area contributed by atoms with Gasteiger partial charge in [0.05, 0.1) is 13.2 Å². The van der Waals surface area contributed by atoms with Gasteiger partial charge >= 0.3 is 0 Å². The van der Waals surface area contributed by atoms with Gasteiger partial charge in [0.1, 0.15) is 17.3 Å². The standard InChI is InChI=1S/C18H23NO2/c1-12(2)19-10-14-6-8-16(21-14)13-5-7-17-15(9-13)18(3,4)11-20-17/h5-9,12,19H,10-11H2,1-4H3. The first-order chi connectivity index (χ1) is 9.95. The van der Waals surface area contributed by atoms with Gasteiger partial charge in [-0.15, -0.1) is 0 Å². The van der Waals surface area contributed by atoms with E-state index in [-0.39, 0.29) is 5.41 Å². The number of ether oxygens (including phenoxy) is 1. The number of benzene rings is 1. The maximum Gasteiger partial charge on any atom is 0.134 e. The summed E-state index contributed by atoms with van der Waals surface area (Å²) in [5, 5.41) is 3.37. The van der Waals surface area contributed by atoms with Crippen LogP contribution in [0.4, 0.5) is 0 Å². The van der Waals surface area contributed by atoms with Gasteiger partial charge in [0.25, 0.3) is 0 Å². The van der Waals surface area contributed by atoms with E-state index in [9.17, 15) is 0 Å². The lowest BCUT2D eigenvalue weighted by Gasteiger charge is -2.15. The van der Waals surface area contributed by atoms with Gasteiger partial charge in [0.15, 0.2) is 0 Å². The molecule has 1 aromatic carbocycles. The maximum atomic E-state index is 5.94. The fourth-order valence-corrected chi connectivity index (χ4v) is 2.61. The Bertz CT molecular complexity index is 640. The molecular weight excluding hydrogens is 262 g/mol. The monoisotopic (exact) mass is 285 g/mol. The third kappa shape index (κ3) is 2.84. The molecule has 3 heteroatoms. The summed E-state index contributed by atoms with van der Waals surface area (Å²) in [6.07, 6.45) is 0. The number of hydrogen-bond donors (Lipinski definition) is 1. The zero-order valence-electron chi connectivity index (χ0n) is 13.2. The molecule has 0 saturated heterocycles. The highest BCUT2D eigenvalue weighted by atomic mass is 16.5. The van der Waals surface area contributed by atoms with Crippen molar-refractivity contribution in [1.29, 1.82) is 0 Å². The summed E-state index contributed by atoms with van der Waals surface area (Å²) in [7, 11) is 0. The summed E-state index contributed by atoms with van der Waals surface area (Å²) < 4.78 is 11.7. The Labute approximate surface area is 126 Å². The smallest absolute Gasteiger partial charge is 0.134 e. The Morgan fingerprint density at radius 3 is 2.76 bits per heavy atom. The molecule has 0 radical (unpaired) electrons. The number of rotatable bonds is 4. The van der Waals surface area contributed by atoms with E-state index in [0.717, 1.165) is 36.0 Å². The molecule has 0 atom stereocenters. The van der Waals surface area contributed by atoms with Crippen molar-refractivity contribution in [2.75, 3.05) is 6.61 Å². The molecule has 0 amide bonds. The van der Waals surface area contributed by atoms with Crippen LogP contribution in [0.15, 0.2) is 34.7 Å². The average Bonchev–Trinajstić information content (AvgIpc) is 3.02. The molecule has 3 nitrogen and oxygen atoms in total. The normalized spacial score (nSPS) is 16.0. The van der Waals surface area contributed by atoms with E-state index >= 15 is 0 Å². The van der Waals surface area contributed by atoms with Gasteiger partial charge in [-0.2, -0.15) is 0 Å². The Hall–Kier alpha value is -1.74. The summed E-state index contributed by atoms with van der Waals surface area (Å²) in [5.74, 6) is 2.88. The molecule has 1 N–H and O–H groups in total. The fraction of sp³-hybridized carbons (Fsp3) is 0.444. The predicted octanol–water partition coefficient (Wildman–Crippen LogP) is 4.11. The highest BCUT2D eigenvalue weighted by Gasteiger charge is 2.32. The van der Waals surface area contributed by atoms with Crippen LogP contribution in [0.25, 0.3) is 11.3 Å². The second kappa shape index (κ2) is 5.23. The van der Waals surface area contributed by atoms with Crippen molar-refractivity contribution in [2.24, 2.45) is 0 Å². The van der Waals surface area contributed by atoms with Crippen LogP contribution in [0.2, 0.25) is 0 Å². The highest BCUT2D eigenvalue weighted by molar-refractivity contribution is 5.62. The molecule has 1 aliphatic rings. The molecule has 0 saturated carbocycles. The lowest BCUT2D eigenvalue weighted by molar-refractivity contribution is 0.291. The van der Waals surface area contributed by atoms with Crippen LogP contribution in [0.5, 0.6) is 5.75 Å². The van der Waals surface area contributed by atoms with Gasteiger partial charge in [0.2, 0.25) is 0 Å². The second-order valence-electron chi connectivity index (χ2n) is 6.69. The highest BCUT2D eigenvalue weighted by Crippen LogP contribution is 2.40.